The number of hydrogen-bond acceptors (Lipinski definition) is 2. The molecule has 1 amide bonds. The van der Waals surface area contributed by atoms with E-state index in [0.717, 1.165) is 6.42 Å². The van der Waals surface area contributed by atoms with Crippen molar-refractivity contribution in [3.63, 3.8) is 0 Å². The zero-order chi connectivity index (χ0) is 17.3. The molecule has 24 heavy (non-hydrogen) atoms. The highest BCUT2D eigenvalue weighted by molar-refractivity contribution is 5.82. The molecule has 1 aromatic carbocycles. The van der Waals surface area contributed by atoms with E-state index in [2.05, 4.69) is 17.4 Å². The number of hydrogen-bond donors (Lipinski definition) is 1. The molecule has 0 aromatic heterocycles. The average molecular weight is 340 g/mol. The molecule has 0 spiro atoms. The van der Waals surface area contributed by atoms with Crippen molar-refractivity contribution in [2.45, 2.75) is 31.9 Å². The van der Waals surface area contributed by atoms with Crippen molar-refractivity contribution in [1.29, 1.82) is 0 Å². The normalized spacial score (nSPS) is 27.2. The highest BCUT2D eigenvalue weighted by Crippen LogP contribution is 2.47. The number of amides is 1. The number of nitrogens with zero attached hydrogens (tertiary/aromatic N) is 1. The second kappa shape index (κ2) is 6.75. The lowest BCUT2D eigenvalue weighted by molar-refractivity contribution is -0.143. The fourth-order valence-electron chi connectivity index (χ4n) is 3.61. The van der Waals surface area contributed by atoms with Gasteiger partial charge in [-0.2, -0.15) is 13.2 Å². The van der Waals surface area contributed by atoms with Gasteiger partial charge in [0, 0.05) is 19.0 Å². The molecule has 2 fully saturated rings. The molecule has 6 heteroatoms. The lowest BCUT2D eigenvalue weighted by Crippen LogP contribution is -2.35. The number of carbonyl (C=O) groups excluding carboxylic acids is 1. The molecule has 1 aliphatic carbocycles. The molecule has 1 saturated carbocycles. The van der Waals surface area contributed by atoms with Gasteiger partial charge >= 0.3 is 6.18 Å². The van der Waals surface area contributed by atoms with Gasteiger partial charge < -0.3 is 5.32 Å². The van der Waals surface area contributed by atoms with E-state index in [1.54, 1.807) is 0 Å². The summed E-state index contributed by atoms with van der Waals surface area (Å²) in [6.07, 6.45) is -2.57. The van der Waals surface area contributed by atoms with Gasteiger partial charge in [0.25, 0.3) is 0 Å². The van der Waals surface area contributed by atoms with E-state index in [4.69, 9.17) is 0 Å². The standard InChI is InChI=1S/C18H23F3N2O/c1-12-3-2-4-14(7-12)15-8-16(15)17(24)22-9-13-5-6-23(10-13)11-18(19,20)21/h2-4,7,13,15-16H,5-6,8-11H2,1H3,(H,22,24)/t13-,15+,16-/m1/s1. The summed E-state index contributed by atoms with van der Waals surface area (Å²) < 4.78 is 37.2. The molecule has 132 valence electrons. The molecule has 1 N–H and O–H groups in total. The summed E-state index contributed by atoms with van der Waals surface area (Å²) in [5.74, 6) is 0.456. The predicted octanol–water partition coefficient (Wildman–Crippen LogP) is 3.10. The van der Waals surface area contributed by atoms with Crippen LogP contribution in [0.4, 0.5) is 13.2 Å². The molecule has 1 heterocycles. The predicted molar refractivity (Wildman–Crippen MR) is 85.6 cm³/mol. The molecule has 0 radical (unpaired) electrons. The van der Waals surface area contributed by atoms with Gasteiger partial charge in [-0.3, -0.25) is 9.69 Å². The van der Waals surface area contributed by atoms with Crippen molar-refractivity contribution < 1.29 is 18.0 Å². The maximum Gasteiger partial charge on any atom is 0.401 e. The van der Waals surface area contributed by atoms with Crippen LogP contribution < -0.4 is 5.32 Å². The Labute approximate surface area is 140 Å². The van der Waals surface area contributed by atoms with Gasteiger partial charge in [-0.05, 0) is 43.7 Å². The second-order valence-corrected chi connectivity index (χ2v) is 7.11. The first kappa shape index (κ1) is 17.3. The minimum Gasteiger partial charge on any atom is -0.356 e. The van der Waals surface area contributed by atoms with Gasteiger partial charge in [0.1, 0.15) is 0 Å². The zero-order valence-electron chi connectivity index (χ0n) is 13.8. The maximum absolute atomic E-state index is 12.4. The number of benzene rings is 1. The number of rotatable bonds is 5. The van der Waals surface area contributed by atoms with E-state index in [0.29, 0.717) is 26.1 Å². The fourth-order valence-corrected chi connectivity index (χ4v) is 3.61. The second-order valence-electron chi connectivity index (χ2n) is 7.11. The van der Waals surface area contributed by atoms with E-state index in [-0.39, 0.29) is 23.7 Å². The van der Waals surface area contributed by atoms with Crippen LogP contribution >= 0.6 is 0 Å². The quantitative estimate of drug-likeness (QED) is 0.893. The van der Waals surface area contributed by atoms with Crippen molar-refractivity contribution in [1.82, 2.24) is 10.2 Å². The summed E-state index contributed by atoms with van der Waals surface area (Å²) in [5.41, 5.74) is 2.39. The molecule has 3 nitrogen and oxygen atoms in total. The minimum atomic E-state index is -4.15. The Hall–Kier alpha value is -1.56. The number of alkyl halides is 3. The van der Waals surface area contributed by atoms with Crippen LogP contribution in [0.15, 0.2) is 24.3 Å². The van der Waals surface area contributed by atoms with Crippen LogP contribution in [0.3, 0.4) is 0 Å². The lowest BCUT2D eigenvalue weighted by Gasteiger charge is -2.18. The van der Waals surface area contributed by atoms with Crippen molar-refractivity contribution in [2.24, 2.45) is 11.8 Å². The van der Waals surface area contributed by atoms with Crippen LogP contribution in [0.1, 0.15) is 29.9 Å². The van der Waals surface area contributed by atoms with Crippen LogP contribution in [0.2, 0.25) is 0 Å². The van der Waals surface area contributed by atoms with Gasteiger partial charge in [0.15, 0.2) is 0 Å². The Bertz CT molecular complexity index is 602. The van der Waals surface area contributed by atoms with Gasteiger partial charge in [-0.1, -0.05) is 29.8 Å². The third-order valence-corrected chi connectivity index (χ3v) is 4.94. The number of aryl methyl sites for hydroxylation is 1. The smallest absolute Gasteiger partial charge is 0.356 e. The minimum absolute atomic E-state index is 0.0134. The first-order valence-electron chi connectivity index (χ1n) is 8.45. The highest BCUT2D eigenvalue weighted by atomic mass is 19.4. The number of likely N-dealkylation sites (tertiary alicyclic amines) is 1. The highest BCUT2D eigenvalue weighted by Gasteiger charge is 2.44. The van der Waals surface area contributed by atoms with Crippen molar-refractivity contribution >= 4 is 5.91 Å². The van der Waals surface area contributed by atoms with Crippen LogP contribution in [0.5, 0.6) is 0 Å². The Kier molecular flexibility index (Phi) is 4.85. The van der Waals surface area contributed by atoms with Gasteiger partial charge in [-0.25, -0.2) is 0 Å². The maximum atomic E-state index is 12.4. The van der Waals surface area contributed by atoms with Crippen LogP contribution in [0, 0.1) is 18.8 Å². The third kappa shape index (κ3) is 4.50. The zero-order valence-corrected chi connectivity index (χ0v) is 13.8. The Morgan fingerprint density at radius 2 is 2.17 bits per heavy atom. The number of halogens is 3. The molecular formula is C18H23F3N2O. The molecule has 0 unspecified atom stereocenters. The van der Waals surface area contributed by atoms with E-state index in [1.165, 1.54) is 16.0 Å². The van der Waals surface area contributed by atoms with Crippen molar-refractivity contribution in [3.8, 4) is 0 Å². The summed E-state index contributed by atoms with van der Waals surface area (Å²) >= 11 is 0. The van der Waals surface area contributed by atoms with E-state index < -0.39 is 12.7 Å². The van der Waals surface area contributed by atoms with Crippen LogP contribution in [-0.2, 0) is 4.79 Å². The van der Waals surface area contributed by atoms with Crippen LogP contribution in [-0.4, -0.2) is 43.2 Å². The summed E-state index contributed by atoms with van der Waals surface area (Å²) in [7, 11) is 0. The summed E-state index contributed by atoms with van der Waals surface area (Å²) in [6, 6.07) is 8.21. The number of nitrogens with one attached hydrogen (secondary N) is 1. The molecule has 2 aliphatic rings. The number of carbonyl (C=O) groups is 1. The van der Waals surface area contributed by atoms with Crippen LogP contribution in [0.25, 0.3) is 0 Å². The molecule has 3 rings (SSSR count). The third-order valence-electron chi connectivity index (χ3n) is 4.94. The average Bonchev–Trinajstić information content (AvgIpc) is 3.18. The molecule has 1 saturated heterocycles. The van der Waals surface area contributed by atoms with Gasteiger partial charge in [0.05, 0.1) is 6.54 Å². The summed E-state index contributed by atoms with van der Waals surface area (Å²) in [6.45, 7) is 2.52. The Morgan fingerprint density at radius 1 is 1.38 bits per heavy atom. The molecular weight excluding hydrogens is 317 g/mol. The molecule has 0 bridgehead atoms. The topological polar surface area (TPSA) is 32.3 Å². The van der Waals surface area contributed by atoms with E-state index in [1.807, 2.05) is 19.1 Å². The monoisotopic (exact) mass is 340 g/mol. The van der Waals surface area contributed by atoms with Gasteiger partial charge in [-0.15, -0.1) is 0 Å². The van der Waals surface area contributed by atoms with E-state index in [9.17, 15) is 18.0 Å². The van der Waals surface area contributed by atoms with Crippen molar-refractivity contribution in [2.75, 3.05) is 26.2 Å². The SMILES string of the molecule is Cc1cccc([C@@H]2C[C@H]2C(=O)NC[C@H]2CCN(CC(F)(F)F)C2)c1. The first-order chi connectivity index (χ1) is 11.3. The lowest BCUT2D eigenvalue weighted by atomic mass is 10.1. The fraction of sp³-hybridized carbons (Fsp3) is 0.611. The largest absolute Gasteiger partial charge is 0.401 e. The molecule has 1 aliphatic heterocycles. The van der Waals surface area contributed by atoms with Crippen molar-refractivity contribution in [3.05, 3.63) is 35.4 Å². The summed E-state index contributed by atoms with van der Waals surface area (Å²) in [5, 5.41) is 2.94. The molecule has 1 aromatic rings. The van der Waals surface area contributed by atoms with Gasteiger partial charge in [0.2, 0.25) is 5.91 Å². The first-order valence-corrected chi connectivity index (χ1v) is 8.45. The van der Waals surface area contributed by atoms with E-state index >= 15 is 0 Å². The molecule has 3 atom stereocenters. The summed E-state index contributed by atoms with van der Waals surface area (Å²) in [4.78, 5) is 13.7. The Morgan fingerprint density at radius 3 is 2.88 bits per heavy atom. The Balaban J connectivity index is 1.41.